The van der Waals surface area contributed by atoms with Gasteiger partial charge in [-0.3, -0.25) is 0 Å². The highest BCUT2D eigenvalue weighted by molar-refractivity contribution is 4.58. The molecule has 0 aromatic heterocycles. The third-order valence-corrected chi connectivity index (χ3v) is 2.43. The van der Waals surface area contributed by atoms with Crippen LogP contribution >= 0.6 is 0 Å². The van der Waals surface area contributed by atoms with E-state index in [1.807, 2.05) is 0 Å². The molecule has 2 unspecified atom stereocenters. The topological polar surface area (TPSA) is 21.3 Å². The standard InChI is InChI=1S/C12H27NO/c1-5-8-12(4)14-10-7-9-11(3)13-6-2/h11-13H,5-10H2,1-4H3. The largest absolute Gasteiger partial charge is 0.379 e. The summed E-state index contributed by atoms with van der Waals surface area (Å²) in [5.41, 5.74) is 0. The van der Waals surface area contributed by atoms with Crippen molar-refractivity contribution < 1.29 is 4.74 Å². The normalized spacial score (nSPS) is 15.4. The first-order chi connectivity index (χ1) is 6.70. The molecular formula is C12H27NO. The van der Waals surface area contributed by atoms with Crippen LogP contribution in [0.4, 0.5) is 0 Å². The van der Waals surface area contributed by atoms with Crippen LogP contribution in [0.1, 0.15) is 53.4 Å². The van der Waals surface area contributed by atoms with Gasteiger partial charge < -0.3 is 10.1 Å². The molecule has 0 amide bonds. The predicted molar refractivity (Wildman–Crippen MR) is 62.7 cm³/mol. The van der Waals surface area contributed by atoms with Crippen molar-refractivity contribution >= 4 is 0 Å². The van der Waals surface area contributed by atoms with Crippen molar-refractivity contribution in [3.05, 3.63) is 0 Å². The summed E-state index contributed by atoms with van der Waals surface area (Å²) in [5, 5.41) is 3.40. The molecule has 0 saturated heterocycles. The third-order valence-electron chi connectivity index (χ3n) is 2.43. The molecule has 0 saturated carbocycles. The molecule has 0 fully saturated rings. The Morgan fingerprint density at radius 2 is 1.86 bits per heavy atom. The SMILES string of the molecule is CCCC(C)OCCCC(C)NCC. The Bertz CT molecular complexity index is 103. The summed E-state index contributed by atoms with van der Waals surface area (Å²) >= 11 is 0. The van der Waals surface area contributed by atoms with Crippen LogP contribution in [0.2, 0.25) is 0 Å². The van der Waals surface area contributed by atoms with Crippen LogP contribution in [0.25, 0.3) is 0 Å². The lowest BCUT2D eigenvalue weighted by Crippen LogP contribution is -2.25. The average Bonchev–Trinajstić information content (AvgIpc) is 2.13. The van der Waals surface area contributed by atoms with Crippen molar-refractivity contribution in [3.63, 3.8) is 0 Å². The number of nitrogens with one attached hydrogen (secondary N) is 1. The van der Waals surface area contributed by atoms with Crippen molar-refractivity contribution in [2.45, 2.75) is 65.5 Å². The molecule has 2 heteroatoms. The average molecular weight is 201 g/mol. The first-order valence-corrected chi connectivity index (χ1v) is 6.05. The summed E-state index contributed by atoms with van der Waals surface area (Å²) in [6, 6.07) is 0.630. The third kappa shape index (κ3) is 8.52. The summed E-state index contributed by atoms with van der Waals surface area (Å²) in [4.78, 5) is 0. The maximum atomic E-state index is 5.68. The molecule has 0 spiro atoms. The van der Waals surface area contributed by atoms with Crippen LogP contribution < -0.4 is 5.32 Å². The van der Waals surface area contributed by atoms with Gasteiger partial charge in [0.25, 0.3) is 0 Å². The molecule has 0 heterocycles. The lowest BCUT2D eigenvalue weighted by Gasteiger charge is -2.14. The van der Waals surface area contributed by atoms with Gasteiger partial charge in [0.1, 0.15) is 0 Å². The molecule has 0 aliphatic carbocycles. The van der Waals surface area contributed by atoms with E-state index in [1.165, 1.54) is 25.7 Å². The molecule has 2 atom stereocenters. The number of hydrogen-bond donors (Lipinski definition) is 1. The maximum absolute atomic E-state index is 5.68. The van der Waals surface area contributed by atoms with E-state index in [2.05, 4.69) is 33.0 Å². The Balaban J connectivity index is 3.19. The zero-order chi connectivity index (χ0) is 10.8. The van der Waals surface area contributed by atoms with Crippen molar-refractivity contribution in [1.29, 1.82) is 0 Å². The first kappa shape index (κ1) is 13.9. The van der Waals surface area contributed by atoms with Crippen molar-refractivity contribution in [2.24, 2.45) is 0 Å². The number of ether oxygens (including phenoxy) is 1. The van der Waals surface area contributed by atoms with E-state index in [9.17, 15) is 0 Å². The van der Waals surface area contributed by atoms with Gasteiger partial charge in [-0.1, -0.05) is 20.3 Å². The number of rotatable bonds is 9. The number of hydrogen-bond acceptors (Lipinski definition) is 2. The Kier molecular flexibility index (Phi) is 9.42. The van der Waals surface area contributed by atoms with Crippen LogP contribution in [0.3, 0.4) is 0 Å². The molecule has 0 rings (SSSR count). The molecule has 0 radical (unpaired) electrons. The lowest BCUT2D eigenvalue weighted by molar-refractivity contribution is 0.0563. The van der Waals surface area contributed by atoms with E-state index in [-0.39, 0.29) is 0 Å². The van der Waals surface area contributed by atoms with Gasteiger partial charge in [-0.2, -0.15) is 0 Å². The molecule has 0 aromatic carbocycles. The second kappa shape index (κ2) is 9.47. The highest BCUT2D eigenvalue weighted by atomic mass is 16.5. The van der Waals surface area contributed by atoms with Gasteiger partial charge in [0, 0.05) is 12.6 Å². The summed E-state index contributed by atoms with van der Waals surface area (Å²) in [5.74, 6) is 0. The Morgan fingerprint density at radius 3 is 2.43 bits per heavy atom. The van der Waals surface area contributed by atoms with E-state index in [1.54, 1.807) is 0 Å². The molecule has 86 valence electrons. The van der Waals surface area contributed by atoms with Gasteiger partial charge >= 0.3 is 0 Å². The maximum Gasteiger partial charge on any atom is 0.0546 e. The fourth-order valence-electron chi connectivity index (χ4n) is 1.61. The summed E-state index contributed by atoms with van der Waals surface area (Å²) in [7, 11) is 0. The van der Waals surface area contributed by atoms with E-state index in [0.717, 1.165) is 13.2 Å². The Hall–Kier alpha value is -0.0800. The van der Waals surface area contributed by atoms with Crippen LogP contribution in [-0.2, 0) is 4.74 Å². The minimum absolute atomic E-state index is 0.439. The van der Waals surface area contributed by atoms with E-state index in [4.69, 9.17) is 4.74 Å². The van der Waals surface area contributed by atoms with Crippen LogP contribution in [-0.4, -0.2) is 25.3 Å². The summed E-state index contributed by atoms with van der Waals surface area (Å²) in [6.45, 7) is 10.7. The predicted octanol–water partition coefficient (Wildman–Crippen LogP) is 2.97. The molecule has 0 aliphatic rings. The minimum atomic E-state index is 0.439. The fourth-order valence-corrected chi connectivity index (χ4v) is 1.61. The van der Waals surface area contributed by atoms with Gasteiger partial charge in [-0.25, -0.2) is 0 Å². The van der Waals surface area contributed by atoms with Crippen LogP contribution in [0.5, 0.6) is 0 Å². The Morgan fingerprint density at radius 1 is 1.14 bits per heavy atom. The Labute approximate surface area is 89.4 Å². The molecular weight excluding hydrogens is 174 g/mol. The van der Waals surface area contributed by atoms with E-state index < -0.39 is 0 Å². The second-order valence-corrected chi connectivity index (χ2v) is 4.07. The summed E-state index contributed by atoms with van der Waals surface area (Å²) in [6.07, 6.45) is 5.22. The van der Waals surface area contributed by atoms with Crippen molar-refractivity contribution in [1.82, 2.24) is 5.32 Å². The highest BCUT2D eigenvalue weighted by Crippen LogP contribution is 2.03. The van der Waals surface area contributed by atoms with E-state index in [0.29, 0.717) is 12.1 Å². The summed E-state index contributed by atoms with van der Waals surface area (Å²) < 4.78 is 5.68. The lowest BCUT2D eigenvalue weighted by atomic mass is 10.2. The van der Waals surface area contributed by atoms with E-state index >= 15 is 0 Å². The fraction of sp³-hybridized carbons (Fsp3) is 1.00. The highest BCUT2D eigenvalue weighted by Gasteiger charge is 2.02. The van der Waals surface area contributed by atoms with Gasteiger partial charge in [0.2, 0.25) is 0 Å². The molecule has 0 bridgehead atoms. The smallest absolute Gasteiger partial charge is 0.0546 e. The van der Waals surface area contributed by atoms with Gasteiger partial charge in [-0.05, 0) is 39.7 Å². The zero-order valence-electron chi connectivity index (χ0n) is 10.3. The molecule has 1 N–H and O–H groups in total. The minimum Gasteiger partial charge on any atom is -0.379 e. The van der Waals surface area contributed by atoms with Crippen LogP contribution in [0.15, 0.2) is 0 Å². The molecule has 0 aromatic rings. The molecule has 0 aliphatic heterocycles. The first-order valence-electron chi connectivity index (χ1n) is 6.05. The molecule has 14 heavy (non-hydrogen) atoms. The molecule has 2 nitrogen and oxygen atoms in total. The van der Waals surface area contributed by atoms with Gasteiger partial charge in [0.15, 0.2) is 0 Å². The second-order valence-electron chi connectivity index (χ2n) is 4.07. The van der Waals surface area contributed by atoms with Gasteiger partial charge in [0.05, 0.1) is 6.10 Å². The zero-order valence-corrected chi connectivity index (χ0v) is 10.3. The van der Waals surface area contributed by atoms with Crippen LogP contribution in [0, 0.1) is 0 Å². The monoisotopic (exact) mass is 201 g/mol. The van der Waals surface area contributed by atoms with Crippen molar-refractivity contribution in [3.8, 4) is 0 Å². The quantitative estimate of drug-likeness (QED) is 0.579. The van der Waals surface area contributed by atoms with Gasteiger partial charge in [-0.15, -0.1) is 0 Å². The van der Waals surface area contributed by atoms with Crippen molar-refractivity contribution in [2.75, 3.05) is 13.2 Å².